The number of carbonyl (C=O) groups excluding carboxylic acids is 5. The maximum atomic E-state index is 15.4. The molecule has 2 aliphatic heterocycles. The summed E-state index contributed by atoms with van der Waals surface area (Å²) in [7, 11) is 1.36. The number of benzene rings is 3. The molecule has 17 heteroatoms. The molecular formula is C41H30Cl2F3IN4O7. The Morgan fingerprint density at radius 1 is 0.983 bits per heavy atom. The average molecular weight is 946 g/mol. The predicted octanol–water partition coefficient (Wildman–Crippen LogP) is 8.12. The second-order valence-corrected chi connectivity index (χ2v) is 16.6. The maximum Gasteiger partial charge on any atom is 0.417 e. The van der Waals surface area contributed by atoms with Crippen LogP contribution in [0.4, 0.5) is 24.7 Å². The van der Waals surface area contributed by atoms with Gasteiger partial charge in [0, 0.05) is 22.7 Å². The molecule has 11 nitrogen and oxygen atoms in total. The molecule has 58 heavy (non-hydrogen) atoms. The van der Waals surface area contributed by atoms with Crippen LogP contribution in [-0.4, -0.2) is 51.6 Å². The van der Waals surface area contributed by atoms with E-state index >= 15 is 4.79 Å². The number of anilines is 2. The first-order valence-corrected chi connectivity index (χ1v) is 19.7. The Morgan fingerprint density at radius 2 is 1.67 bits per heavy atom. The lowest BCUT2D eigenvalue weighted by Gasteiger charge is -2.50. The van der Waals surface area contributed by atoms with Gasteiger partial charge >= 0.3 is 6.18 Å². The zero-order chi connectivity index (χ0) is 41.6. The van der Waals surface area contributed by atoms with E-state index in [0.717, 1.165) is 4.90 Å². The zero-order valence-electron chi connectivity index (χ0n) is 30.3. The van der Waals surface area contributed by atoms with Crippen molar-refractivity contribution in [2.45, 2.75) is 37.3 Å². The molecule has 1 saturated carbocycles. The van der Waals surface area contributed by atoms with E-state index in [1.807, 2.05) is 28.7 Å². The van der Waals surface area contributed by atoms with Gasteiger partial charge in [0.25, 0.3) is 11.8 Å². The SMILES string of the molecule is COc1cc([C@H]2C3=CC[C@@H]4C(=O)N(c5ccc(C(C)=O)cc5)C(=O)[C@@H]4[C@@H]3C[C@H]3C(=O)N(Nc4ncc(C(F)(F)F)cc4Cl)C(=O)[C@@]23c2ccc(Cl)cc2)cc(I)c1O. The number of aromatic nitrogens is 1. The summed E-state index contributed by atoms with van der Waals surface area (Å²) in [6.07, 6.45) is -2.39. The van der Waals surface area contributed by atoms with Gasteiger partial charge < -0.3 is 9.84 Å². The molecule has 2 saturated heterocycles. The van der Waals surface area contributed by atoms with E-state index in [4.69, 9.17) is 27.9 Å². The van der Waals surface area contributed by atoms with Crippen LogP contribution in [0.3, 0.4) is 0 Å². The van der Waals surface area contributed by atoms with Crippen LogP contribution in [0.5, 0.6) is 11.5 Å². The molecule has 3 aromatic carbocycles. The molecule has 3 heterocycles. The maximum absolute atomic E-state index is 15.4. The first-order chi connectivity index (χ1) is 27.5. The number of ether oxygens (including phenoxy) is 1. The van der Waals surface area contributed by atoms with Gasteiger partial charge in [0.1, 0.15) is 0 Å². The minimum Gasteiger partial charge on any atom is -0.504 e. The molecule has 0 radical (unpaired) electrons. The van der Waals surface area contributed by atoms with E-state index in [1.54, 1.807) is 36.4 Å². The lowest BCUT2D eigenvalue weighted by atomic mass is 9.49. The number of nitrogens with one attached hydrogen (secondary N) is 1. The number of phenols is 1. The number of methoxy groups -OCH3 is 1. The highest BCUT2D eigenvalue weighted by atomic mass is 127. The molecule has 3 fully saturated rings. The van der Waals surface area contributed by atoms with Crippen LogP contribution in [0.1, 0.15) is 52.7 Å². The molecule has 1 aromatic heterocycles. The van der Waals surface area contributed by atoms with Crippen molar-refractivity contribution in [2.24, 2.45) is 23.7 Å². The molecule has 8 rings (SSSR count). The highest BCUT2D eigenvalue weighted by molar-refractivity contribution is 14.1. The number of hydrogen-bond donors (Lipinski definition) is 2. The molecule has 4 aromatic rings. The number of amides is 4. The minimum atomic E-state index is -4.77. The molecule has 2 aliphatic carbocycles. The van der Waals surface area contributed by atoms with Gasteiger partial charge in [0.15, 0.2) is 23.1 Å². The monoisotopic (exact) mass is 944 g/mol. The summed E-state index contributed by atoms with van der Waals surface area (Å²) < 4.78 is 46.5. The van der Waals surface area contributed by atoms with E-state index in [2.05, 4.69) is 10.4 Å². The molecule has 2 N–H and O–H groups in total. The van der Waals surface area contributed by atoms with Gasteiger partial charge in [-0.1, -0.05) is 47.0 Å². The van der Waals surface area contributed by atoms with Crippen LogP contribution in [0, 0.1) is 27.2 Å². The standard InChI is InChI=1S/C41H30Cl2F3IN4O7/c1-18(52)19-3-9-24(10-4-19)50-36(54)26-12-11-25-27(32(26)38(50)56)16-28-37(55)51(49-35-29(43)15-22(17-48-35)41(44,45)46)39(57)40(28,21-5-7-23(42)8-6-21)33(25)20-13-30(47)34(53)31(14-20)58-2/h3-11,13-15,17,26-28,32-33,53H,12,16H2,1-2H3,(H,48,49)/t26-,27+,28-,32-,33-,40+/m0/s1. The fourth-order valence-corrected chi connectivity index (χ4v) is 10.1. The number of ketones is 1. The number of pyridine rings is 1. The average Bonchev–Trinajstić information content (AvgIpc) is 3.57. The number of allylic oxidation sites excluding steroid dienone is 2. The summed E-state index contributed by atoms with van der Waals surface area (Å²) in [5.74, 6) is -8.04. The summed E-state index contributed by atoms with van der Waals surface area (Å²) in [5.41, 5.74) is 1.75. The third-order valence-corrected chi connectivity index (χ3v) is 13.1. The van der Waals surface area contributed by atoms with Crippen LogP contribution in [0.25, 0.3) is 0 Å². The van der Waals surface area contributed by atoms with Crippen molar-refractivity contribution in [1.82, 2.24) is 9.99 Å². The summed E-state index contributed by atoms with van der Waals surface area (Å²) >= 11 is 14.5. The fraction of sp³-hybridized carbons (Fsp3) is 0.268. The van der Waals surface area contributed by atoms with E-state index in [-0.39, 0.29) is 35.8 Å². The van der Waals surface area contributed by atoms with Gasteiger partial charge in [-0.15, -0.1) is 0 Å². The summed E-state index contributed by atoms with van der Waals surface area (Å²) in [4.78, 5) is 76.0. The highest BCUT2D eigenvalue weighted by Gasteiger charge is 2.70. The van der Waals surface area contributed by atoms with Crippen LogP contribution >= 0.6 is 45.8 Å². The number of hydrogen-bond acceptors (Lipinski definition) is 9. The van der Waals surface area contributed by atoms with Crippen LogP contribution in [0.2, 0.25) is 10.0 Å². The molecule has 298 valence electrons. The Morgan fingerprint density at radius 3 is 2.29 bits per heavy atom. The number of hydrazine groups is 1. The summed E-state index contributed by atoms with van der Waals surface area (Å²) in [5, 5.41) is 11.5. The molecular weight excluding hydrogens is 915 g/mol. The van der Waals surface area contributed by atoms with Gasteiger partial charge in [-0.05, 0) is 114 Å². The third kappa shape index (κ3) is 6.06. The normalized spacial score (nSPS) is 25.3. The minimum absolute atomic E-state index is 0.0703. The lowest BCUT2D eigenvalue weighted by Crippen LogP contribution is -2.53. The smallest absolute Gasteiger partial charge is 0.417 e. The van der Waals surface area contributed by atoms with Crippen molar-refractivity contribution in [1.29, 1.82) is 0 Å². The third-order valence-electron chi connectivity index (χ3n) is 11.7. The van der Waals surface area contributed by atoms with Gasteiger partial charge in [-0.3, -0.25) is 34.3 Å². The summed E-state index contributed by atoms with van der Waals surface area (Å²) in [6, 6.07) is 16.3. The number of halogens is 6. The Labute approximate surface area is 352 Å². The van der Waals surface area contributed by atoms with Crippen molar-refractivity contribution in [3.63, 3.8) is 0 Å². The molecule has 6 atom stereocenters. The number of aromatic hydroxyl groups is 1. The molecule has 4 amide bonds. The Bertz CT molecular complexity index is 2480. The van der Waals surface area contributed by atoms with Crippen LogP contribution in [-0.2, 0) is 30.8 Å². The molecule has 4 aliphatic rings. The van der Waals surface area contributed by atoms with Gasteiger partial charge in [-0.2, -0.15) is 18.2 Å². The van der Waals surface area contributed by atoms with E-state index in [1.165, 1.54) is 38.3 Å². The van der Waals surface area contributed by atoms with E-state index in [9.17, 15) is 37.5 Å². The Kier molecular flexibility index (Phi) is 9.87. The van der Waals surface area contributed by atoms with Gasteiger partial charge in [0.05, 0.1) is 50.1 Å². The lowest BCUT2D eigenvalue weighted by molar-refractivity contribution is -0.139. The number of nitrogens with zero attached hydrogens (tertiary/aromatic N) is 3. The highest BCUT2D eigenvalue weighted by Crippen LogP contribution is 2.64. The van der Waals surface area contributed by atoms with Crippen LogP contribution in [0.15, 0.2) is 84.6 Å². The number of Topliss-reactive ketones (excluding diaryl/α,β-unsaturated/α-hetero) is 1. The topological polar surface area (TPSA) is 146 Å². The Hall–Kier alpha value is -5.00. The molecule has 0 unspecified atom stereocenters. The van der Waals surface area contributed by atoms with E-state index in [0.29, 0.717) is 48.1 Å². The number of fused-ring (bicyclic) bond motifs is 4. The first-order valence-electron chi connectivity index (χ1n) is 17.9. The van der Waals surface area contributed by atoms with Crippen molar-refractivity contribution in [2.75, 3.05) is 17.4 Å². The van der Waals surface area contributed by atoms with Gasteiger partial charge in [-0.25, -0.2) is 4.98 Å². The molecule has 0 bridgehead atoms. The number of carbonyl (C=O) groups is 5. The predicted molar refractivity (Wildman–Crippen MR) is 213 cm³/mol. The van der Waals surface area contributed by atoms with Gasteiger partial charge in [0.2, 0.25) is 11.8 Å². The van der Waals surface area contributed by atoms with Crippen molar-refractivity contribution in [3.8, 4) is 11.5 Å². The second kappa shape index (κ2) is 14.4. The van der Waals surface area contributed by atoms with Crippen molar-refractivity contribution >= 4 is 86.7 Å². The summed E-state index contributed by atoms with van der Waals surface area (Å²) in [6.45, 7) is 1.40. The number of imide groups is 2. The van der Waals surface area contributed by atoms with Crippen LogP contribution < -0.4 is 15.1 Å². The largest absolute Gasteiger partial charge is 0.504 e. The molecule has 0 spiro atoms. The second-order valence-electron chi connectivity index (χ2n) is 14.6. The quantitative estimate of drug-likeness (QED) is 0.0812. The number of alkyl halides is 3. The van der Waals surface area contributed by atoms with E-state index < -0.39 is 81.2 Å². The van der Waals surface area contributed by atoms with Crippen molar-refractivity contribution in [3.05, 3.63) is 120 Å². The number of rotatable bonds is 7. The Balaban J connectivity index is 1.32. The fourth-order valence-electron chi connectivity index (χ4n) is 9.17. The first kappa shape index (κ1) is 39.8. The zero-order valence-corrected chi connectivity index (χ0v) is 34.0. The number of phenolic OH excluding ortho intramolecular Hbond substituents is 1. The van der Waals surface area contributed by atoms with Crippen molar-refractivity contribution < 1.29 is 47.0 Å².